The van der Waals surface area contributed by atoms with E-state index in [9.17, 15) is 14.0 Å². The summed E-state index contributed by atoms with van der Waals surface area (Å²) in [6.45, 7) is 1.70. The molecular weight excluding hydrogens is 201 g/mol. The van der Waals surface area contributed by atoms with E-state index in [-0.39, 0.29) is 17.9 Å². The van der Waals surface area contributed by atoms with E-state index >= 15 is 0 Å². The van der Waals surface area contributed by atoms with Crippen molar-refractivity contribution < 1.29 is 18.7 Å². The van der Waals surface area contributed by atoms with Crippen molar-refractivity contribution in [1.82, 2.24) is 0 Å². The minimum atomic E-state index is -0.969. The summed E-state index contributed by atoms with van der Waals surface area (Å²) in [5.41, 5.74) is 5.10. The van der Waals surface area contributed by atoms with Gasteiger partial charge in [-0.2, -0.15) is 0 Å². The maximum absolute atomic E-state index is 12.8. The minimum Gasteiger partial charge on any atom is -0.460 e. The summed E-state index contributed by atoms with van der Waals surface area (Å²) >= 11 is 0. The van der Waals surface area contributed by atoms with Gasteiger partial charge in [0, 0.05) is 5.56 Å². The van der Waals surface area contributed by atoms with E-state index < -0.39 is 17.6 Å². The topological polar surface area (TPSA) is 69.4 Å². The number of ether oxygens (including phenoxy) is 1. The van der Waals surface area contributed by atoms with Crippen LogP contribution in [0.15, 0.2) is 18.2 Å². The fourth-order valence-electron chi connectivity index (χ4n) is 0.999. The molecule has 0 heterocycles. The first-order chi connectivity index (χ1) is 7.06. The van der Waals surface area contributed by atoms with Gasteiger partial charge in [0.05, 0.1) is 12.3 Å². The Morgan fingerprint density at radius 1 is 1.47 bits per heavy atom. The average molecular weight is 211 g/mol. The molecule has 0 spiro atoms. The zero-order chi connectivity index (χ0) is 11.4. The highest BCUT2D eigenvalue weighted by Crippen LogP contribution is 2.13. The number of Topliss-reactive ketones (excluding diaryl/α,β-unsaturated/α-hetero) is 1. The van der Waals surface area contributed by atoms with Crippen LogP contribution in [-0.2, 0) is 9.53 Å². The molecule has 0 radical (unpaired) electrons. The molecule has 2 N–H and O–H groups in total. The van der Waals surface area contributed by atoms with Gasteiger partial charge < -0.3 is 10.5 Å². The second-order valence-corrected chi connectivity index (χ2v) is 2.79. The number of rotatable bonds is 3. The van der Waals surface area contributed by atoms with Crippen molar-refractivity contribution >= 4 is 17.4 Å². The van der Waals surface area contributed by atoms with E-state index in [1.807, 2.05) is 0 Å². The zero-order valence-corrected chi connectivity index (χ0v) is 8.12. The summed E-state index contributed by atoms with van der Waals surface area (Å²) in [5, 5.41) is 0. The van der Waals surface area contributed by atoms with E-state index in [4.69, 9.17) is 5.73 Å². The lowest BCUT2D eigenvalue weighted by atomic mass is 10.1. The first kappa shape index (κ1) is 11.2. The molecule has 0 amide bonds. The smallest absolute Gasteiger partial charge is 0.379 e. The summed E-state index contributed by atoms with van der Waals surface area (Å²) in [5.74, 6) is -2.43. The Hall–Kier alpha value is -1.91. The van der Waals surface area contributed by atoms with Crippen LogP contribution in [0, 0.1) is 5.82 Å². The van der Waals surface area contributed by atoms with Crippen LogP contribution in [0.2, 0.25) is 0 Å². The number of anilines is 1. The maximum atomic E-state index is 12.8. The lowest BCUT2D eigenvalue weighted by Crippen LogP contribution is -2.17. The Balaban J connectivity index is 2.92. The van der Waals surface area contributed by atoms with E-state index in [1.54, 1.807) is 6.92 Å². The van der Waals surface area contributed by atoms with E-state index in [0.29, 0.717) is 0 Å². The molecular formula is C10H10FNO3. The van der Waals surface area contributed by atoms with Crippen molar-refractivity contribution in [2.45, 2.75) is 6.92 Å². The summed E-state index contributed by atoms with van der Waals surface area (Å²) in [6, 6.07) is 3.32. The number of hydrogen-bond acceptors (Lipinski definition) is 4. The number of carbonyl (C=O) groups excluding carboxylic acids is 2. The molecule has 0 saturated heterocycles. The van der Waals surface area contributed by atoms with Gasteiger partial charge in [-0.25, -0.2) is 9.18 Å². The Labute approximate surface area is 85.8 Å². The van der Waals surface area contributed by atoms with Crippen LogP contribution >= 0.6 is 0 Å². The first-order valence-electron chi connectivity index (χ1n) is 4.32. The molecule has 1 aromatic carbocycles. The lowest BCUT2D eigenvalue weighted by molar-refractivity contribution is -0.137. The molecule has 0 atom stereocenters. The van der Waals surface area contributed by atoms with Gasteiger partial charge in [-0.1, -0.05) is 0 Å². The third-order valence-electron chi connectivity index (χ3n) is 1.72. The first-order valence-corrected chi connectivity index (χ1v) is 4.32. The number of ketones is 1. The Morgan fingerprint density at radius 3 is 2.67 bits per heavy atom. The molecule has 0 fully saturated rings. The largest absolute Gasteiger partial charge is 0.460 e. The van der Waals surface area contributed by atoms with E-state index in [1.165, 1.54) is 6.07 Å². The maximum Gasteiger partial charge on any atom is 0.379 e. The van der Waals surface area contributed by atoms with Crippen LogP contribution in [0.3, 0.4) is 0 Å². The third-order valence-corrected chi connectivity index (χ3v) is 1.72. The highest BCUT2D eigenvalue weighted by molar-refractivity contribution is 6.40. The van der Waals surface area contributed by atoms with Crippen molar-refractivity contribution in [2.24, 2.45) is 0 Å². The second-order valence-electron chi connectivity index (χ2n) is 2.79. The molecule has 5 heteroatoms. The molecule has 0 aliphatic heterocycles. The Kier molecular flexibility index (Phi) is 3.38. The number of hydrogen-bond donors (Lipinski definition) is 1. The van der Waals surface area contributed by atoms with E-state index in [0.717, 1.165) is 12.1 Å². The monoisotopic (exact) mass is 211 g/mol. The third kappa shape index (κ3) is 2.52. The van der Waals surface area contributed by atoms with Crippen LogP contribution in [0.25, 0.3) is 0 Å². The molecule has 4 nitrogen and oxygen atoms in total. The van der Waals surface area contributed by atoms with Crippen molar-refractivity contribution in [2.75, 3.05) is 12.3 Å². The van der Waals surface area contributed by atoms with Gasteiger partial charge in [0.2, 0.25) is 0 Å². The highest BCUT2D eigenvalue weighted by Gasteiger charge is 2.18. The van der Waals surface area contributed by atoms with Gasteiger partial charge in [-0.05, 0) is 25.1 Å². The number of esters is 1. The second kappa shape index (κ2) is 4.54. The summed E-state index contributed by atoms with van der Waals surface area (Å²) < 4.78 is 17.3. The predicted octanol–water partition coefficient (Wildman–Crippen LogP) is 1.15. The number of benzene rings is 1. The van der Waals surface area contributed by atoms with Crippen LogP contribution in [-0.4, -0.2) is 18.4 Å². The average Bonchev–Trinajstić information content (AvgIpc) is 2.21. The van der Waals surface area contributed by atoms with Crippen molar-refractivity contribution in [3.63, 3.8) is 0 Å². The fraction of sp³-hybridized carbons (Fsp3) is 0.200. The van der Waals surface area contributed by atoms with Gasteiger partial charge in [-0.15, -0.1) is 0 Å². The Bertz CT molecular complexity index is 404. The number of carbonyl (C=O) groups is 2. The lowest BCUT2D eigenvalue weighted by Gasteiger charge is -2.02. The standard InChI is InChI=1S/C10H10FNO3/c1-2-15-10(14)9(13)6-3-4-7(11)8(12)5-6/h3-5H,2,12H2,1H3. The van der Waals surface area contributed by atoms with Gasteiger partial charge in [-0.3, -0.25) is 4.79 Å². The SMILES string of the molecule is CCOC(=O)C(=O)c1ccc(F)c(N)c1. The summed E-state index contributed by atoms with van der Waals surface area (Å²) in [4.78, 5) is 22.4. The predicted molar refractivity (Wildman–Crippen MR) is 51.8 cm³/mol. The number of nitrogens with two attached hydrogens (primary N) is 1. The molecule has 0 aliphatic carbocycles. The van der Waals surface area contributed by atoms with Crippen LogP contribution in [0.1, 0.15) is 17.3 Å². The Morgan fingerprint density at radius 2 is 2.13 bits per heavy atom. The summed E-state index contributed by atoms with van der Waals surface area (Å²) in [6.07, 6.45) is 0. The van der Waals surface area contributed by atoms with Gasteiger partial charge in [0.15, 0.2) is 0 Å². The minimum absolute atomic E-state index is 0.0207. The van der Waals surface area contributed by atoms with Crippen LogP contribution in [0.4, 0.5) is 10.1 Å². The molecule has 1 rings (SSSR count). The highest BCUT2D eigenvalue weighted by atomic mass is 19.1. The molecule has 80 valence electrons. The van der Waals surface area contributed by atoms with Crippen molar-refractivity contribution in [3.05, 3.63) is 29.6 Å². The molecule has 0 aromatic heterocycles. The normalized spacial score (nSPS) is 9.73. The molecule has 0 bridgehead atoms. The molecule has 1 aromatic rings. The summed E-state index contributed by atoms with van der Waals surface area (Å²) in [7, 11) is 0. The van der Waals surface area contributed by atoms with Crippen LogP contribution < -0.4 is 5.73 Å². The van der Waals surface area contributed by atoms with Crippen molar-refractivity contribution in [1.29, 1.82) is 0 Å². The van der Waals surface area contributed by atoms with Gasteiger partial charge in [0.1, 0.15) is 5.82 Å². The number of halogens is 1. The zero-order valence-electron chi connectivity index (χ0n) is 8.12. The quantitative estimate of drug-likeness (QED) is 0.352. The molecule has 0 unspecified atom stereocenters. The van der Waals surface area contributed by atoms with Gasteiger partial charge >= 0.3 is 5.97 Å². The van der Waals surface area contributed by atoms with Crippen molar-refractivity contribution in [3.8, 4) is 0 Å². The van der Waals surface area contributed by atoms with E-state index in [2.05, 4.69) is 4.74 Å². The fourth-order valence-corrected chi connectivity index (χ4v) is 0.999. The number of nitrogen functional groups attached to an aromatic ring is 1. The molecule has 0 saturated carbocycles. The molecule has 0 aliphatic rings. The molecule has 15 heavy (non-hydrogen) atoms. The van der Waals surface area contributed by atoms with Crippen LogP contribution in [0.5, 0.6) is 0 Å². The van der Waals surface area contributed by atoms with Gasteiger partial charge in [0.25, 0.3) is 5.78 Å².